The average Bonchev–Trinajstić information content (AvgIpc) is 2.96. The standard InChI is InChI=1S/C23H24N4O2/c1-4-5-10-29-23(28)19-20-22(26-18-9-7-6-8-17(18)25-20)27(21(19)24)16-12-14(2)11-15(3)13-16/h6-9,11-13H,4-5,10,24H2,1-3H3. The number of aromatic nitrogens is 3. The lowest BCUT2D eigenvalue weighted by molar-refractivity contribution is 0.0503. The van der Waals surface area contributed by atoms with Crippen LogP contribution in [0.2, 0.25) is 0 Å². The molecule has 0 aliphatic rings. The summed E-state index contributed by atoms with van der Waals surface area (Å²) in [5.74, 6) is -0.171. The van der Waals surface area contributed by atoms with Crippen LogP contribution in [0.1, 0.15) is 41.3 Å². The van der Waals surface area contributed by atoms with Crippen LogP contribution >= 0.6 is 0 Å². The van der Waals surface area contributed by atoms with Crippen molar-refractivity contribution in [2.75, 3.05) is 12.3 Å². The van der Waals surface area contributed by atoms with E-state index in [1.807, 2.05) is 57.2 Å². The van der Waals surface area contributed by atoms with E-state index in [0.717, 1.165) is 35.2 Å². The quantitative estimate of drug-likeness (QED) is 0.395. The number of anilines is 1. The van der Waals surface area contributed by atoms with Gasteiger partial charge in [-0.1, -0.05) is 31.5 Å². The van der Waals surface area contributed by atoms with Crippen LogP contribution in [0, 0.1) is 13.8 Å². The third-order valence-corrected chi connectivity index (χ3v) is 4.90. The second kappa shape index (κ2) is 7.54. The zero-order chi connectivity index (χ0) is 20.5. The van der Waals surface area contributed by atoms with E-state index in [-0.39, 0.29) is 5.56 Å². The van der Waals surface area contributed by atoms with Crippen molar-refractivity contribution in [3.8, 4) is 5.69 Å². The number of nitrogen functional groups attached to an aromatic ring is 1. The Kier molecular flexibility index (Phi) is 4.92. The topological polar surface area (TPSA) is 83.0 Å². The van der Waals surface area contributed by atoms with Gasteiger partial charge in [-0.25, -0.2) is 14.8 Å². The molecule has 2 aromatic heterocycles. The Morgan fingerprint density at radius 1 is 1.07 bits per heavy atom. The van der Waals surface area contributed by atoms with Gasteiger partial charge in [0.15, 0.2) is 5.65 Å². The summed E-state index contributed by atoms with van der Waals surface area (Å²) in [5, 5.41) is 0. The summed E-state index contributed by atoms with van der Waals surface area (Å²) in [7, 11) is 0. The molecule has 0 saturated heterocycles. The van der Waals surface area contributed by atoms with Crippen molar-refractivity contribution < 1.29 is 9.53 Å². The molecule has 0 spiro atoms. The first-order valence-corrected chi connectivity index (χ1v) is 9.82. The molecule has 0 radical (unpaired) electrons. The SMILES string of the molecule is CCCCOC(=O)c1c(N)n(-c2cc(C)cc(C)c2)c2nc3ccccc3nc12. The first kappa shape index (κ1) is 18.9. The van der Waals surface area contributed by atoms with Crippen molar-refractivity contribution in [3.05, 3.63) is 59.2 Å². The molecule has 0 fully saturated rings. The Hall–Kier alpha value is -3.41. The zero-order valence-corrected chi connectivity index (χ0v) is 16.9. The normalized spacial score (nSPS) is 11.3. The maximum Gasteiger partial charge on any atom is 0.344 e. The zero-order valence-electron chi connectivity index (χ0n) is 16.9. The van der Waals surface area contributed by atoms with Crippen LogP contribution in [0.25, 0.3) is 27.9 Å². The first-order valence-electron chi connectivity index (χ1n) is 9.82. The van der Waals surface area contributed by atoms with Gasteiger partial charge in [-0.2, -0.15) is 0 Å². The van der Waals surface area contributed by atoms with Gasteiger partial charge in [-0.05, 0) is 55.7 Å². The summed E-state index contributed by atoms with van der Waals surface area (Å²) in [6.07, 6.45) is 1.74. The van der Waals surface area contributed by atoms with Crippen molar-refractivity contribution in [1.82, 2.24) is 14.5 Å². The highest BCUT2D eigenvalue weighted by molar-refractivity contribution is 6.09. The van der Waals surface area contributed by atoms with E-state index in [1.165, 1.54) is 0 Å². The predicted molar refractivity (Wildman–Crippen MR) is 115 cm³/mol. The lowest BCUT2D eigenvalue weighted by Gasteiger charge is -2.10. The Morgan fingerprint density at radius 3 is 2.38 bits per heavy atom. The number of aryl methyl sites for hydroxylation is 2. The van der Waals surface area contributed by atoms with Crippen LogP contribution in [0.4, 0.5) is 5.82 Å². The Morgan fingerprint density at radius 2 is 1.72 bits per heavy atom. The van der Waals surface area contributed by atoms with Gasteiger partial charge < -0.3 is 10.5 Å². The number of nitrogens with two attached hydrogens (primary N) is 1. The number of carbonyl (C=O) groups excluding carboxylic acids is 1. The number of hydrogen-bond donors (Lipinski definition) is 1. The van der Waals surface area contributed by atoms with Crippen molar-refractivity contribution in [2.24, 2.45) is 0 Å². The fourth-order valence-electron chi connectivity index (χ4n) is 3.59. The molecular formula is C23H24N4O2. The molecule has 0 atom stereocenters. The van der Waals surface area contributed by atoms with Gasteiger partial charge in [0.1, 0.15) is 16.9 Å². The number of fused-ring (bicyclic) bond motifs is 2. The van der Waals surface area contributed by atoms with Gasteiger partial charge in [0.2, 0.25) is 0 Å². The molecule has 0 unspecified atom stereocenters. The van der Waals surface area contributed by atoms with Crippen LogP contribution in [0.3, 0.4) is 0 Å². The number of esters is 1. The van der Waals surface area contributed by atoms with Crippen LogP contribution in [0.15, 0.2) is 42.5 Å². The van der Waals surface area contributed by atoms with Gasteiger partial charge in [-0.15, -0.1) is 0 Å². The number of para-hydroxylation sites is 2. The Balaban J connectivity index is 2.00. The fraction of sp³-hybridized carbons (Fsp3) is 0.261. The van der Waals surface area contributed by atoms with Gasteiger partial charge in [0.25, 0.3) is 0 Å². The molecule has 0 saturated carbocycles. The molecule has 6 heteroatoms. The van der Waals surface area contributed by atoms with E-state index in [4.69, 9.17) is 20.4 Å². The molecule has 2 aromatic carbocycles. The molecule has 0 aliphatic carbocycles. The number of ether oxygens (including phenoxy) is 1. The fourth-order valence-corrected chi connectivity index (χ4v) is 3.59. The smallest absolute Gasteiger partial charge is 0.344 e. The summed E-state index contributed by atoms with van der Waals surface area (Å²) in [6, 6.07) is 13.7. The van der Waals surface area contributed by atoms with Crippen molar-refractivity contribution in [1.29, 1.82) is 0 Å². The first-order chi connectivity index (χ1) is 14.0. The third-order valence-electron chi connectivity index (χ3n) is 4.90. The largest absolute Gasteiger partial charge is 0.462 e. The van der Waals surface area contributed by atoms with E-state index in [9.17, 15) is 4.79 Å². The highest BCUT2D eigenvalue weighted by Crippen LogP contribution is 2.32. The van der Waals surface area contributed by atoms with E-state index >= 15 is 0 Å². The molecule has 2 heterocycles. The number of benzene rings is 2. The van der Waals surface area contributed by atoms with Crippen LogP contribution in [-0.2, 0) is 4.74 Å². The molecule has 0 aliphatic heterocycles. The van der Waals surface area contributed by atoms with Gasteiger partial charge in [-0.3, -0.25) is 4.57 Å². The lowest BCUT2D eigenvalue weighted by atomic mass is 10.1. The maximum atomic E-state index is 12.9. The summed E-state index contributed by atoms with van der Waals surface area (Å²) in [4.78, 5) is 22.4. The molecule has 29 heavy (non-hydrogen) atoms. The summed E-state index contributed by atoms with van der Waals surface area (Å²) in [5.41, 5.74) is 12.3. The molecule has 4 rings (SSSR count). The van der Waals surface area contributed by atoms with Crippen LogP contribution in [-0.4, -0.2) is 27.1 Å². The van der Waals surface area contributed by atoms with Crippen LogP contribution in [0.5, 0.6) is 0 Å². The molecule has 148 valence electrons. The monoisotopic (exact) mass is 388 g/mol. The highest BCUT2D eigenvalue weighted by atomic mass is 16.5. The molecule has 0 bridgehead atoms. The summed E-state index contributed by atoms with van der Waals surface area (Å²) >= 11 is 0. The van der Waals surface area contributed by atoms with Gasteiger partial charge >= 0.3 is 5.97 Å². The van der Waals surface area contributed by atoms with Crippen molar-refractivity contribution in [2.45, 2.75) is 33.6 Å². The van der Waals surface area contributed by atoms with Gasteiger partial charge in [0.05, 0.1) is 17.6 Å². The minimum absolute atomic E-state index is 0.272. The third kappa shape index (κ3) is 3.42. The van der Waals surface area contributed by atoms with Gasteiger partial charge in [0, 0.05) is 5.69 Å². The number of carbonyl (C=O) groups is 1. The molecule has 4 aromatic rings. The lowest BCUT2D eigenvalue weighted by Crippen LogP contribution is -2.10. The van der Waals surface area contributed by atoms with Crippen molar-refractivity contribution in [3.63, 3.8) is 0 Å². The second-order valence-corrected chi connectivity index (χ2v) is 7.32. The summed E-state index contributed by atoms with van der Waals surface area (Å²) in [6.45, 7) is 6.45. The minimum Gasteiger partial charge on any atom is -0.462 e. The number of nitrogens with zero attached hydrogens (tertiary/aromatic N) is 3. The second-order valence-electron chi connectivity index (χ2n) is 7.32. The summed E-state index contributed by atoms with van der Waals surface area (Å²) < 4.78 is 7.26. The molecule has 6 nitrogen and oxygen atoms in total. The van der Waals surface area contributed by atoms with E-state index < -0.39 is 5.97 Å². The van der Waals surface area contributed by atoms with E-state index in [1.54, 1.807) is 4.57 Å². The maximum absolute atomic E-state index is 12.9. The van der Waals surface area contributed by atoms with E-state index in [0.29, 0.717) is 29.1 Å². The molecule has 2 N–H and O–H groups in total. The number of hydrogen-bond acceptors (Lipinski definition) is 5. The Labute approximate surface area is 169 Å². The number of rotatable bonds is 5. The van der Waals surface area contributed by atoms with Crippen molar-refractivity contribution >= 4 is 34.0 Å². The minimum atomic E-state index is -0.464. The van der Waals surface area contributed by atoms with E-state index in [2.05, 4.69) is 6.07 Å². The average molecular weight is 388 g/mol. The van der Waals surface area contributed by atoms with Crippen LogP contribution < -0.4 is 5.73 Å². The highest BCUT2D eigenvalue weighted by Gasteiger charge is 2.26. The predicted octanol–water partition coefficient (Wildman–Crippen LogP) is 4.73. The Bertz CT molecular complexity index is 1210. The molecule has 0 amide bonds. The number of unbranched alkanes of at least 4 members (excludes halogenated alkanes) is 1. The molecular weight excluding hydrogens is 364 g/mol.